The van der Waals surface area contributed by atoms with Crippen LogP contribution in [-0.2, 0) is 20.7 Å². The Morgan fingerprint density at radius 3 is 2.35 bits per heavy atom. The van der Waals surface area contributed by atoms with E-state index in [0.29, 0.717) is 6.42 Å². The molecule has 1 rings (SSSR count). The van der Waals surface area contributed by atoms with E-state index in [0.717, 1.165) is 5.56 Å². The molecule has 0 bridgehead atoms. The predicted molar refractivity (Wildman–Crippen MR) is 73.3 cm³/mol. The maximum atomic E-state index is 11.5. The number of rotatable bonds is 5. The van der Waals surface area contributed by atoms with Gasteiger partial charge < -0.3 is 21.3 Å². The topological polar surface area (TPSA) is 55.4 Å². The molecule has 0 saturated heterocycles. The van der Waals surface area contributed by atoms with Crippen LogP contribution in [0.3, 0.4) is 0 Å². The van der Waals surface area contributed by atoms with Gasteiger partial charge in [0.05, 0.1) is 5.91 Å². The number of carbonyl (C=O) groups is 2. The number of amides is 1. The van der Waals surface area contributed by atoms with E-state index in [4.69, 9.17) is 4.74 Å². The molecule has 0 aliphatic rings. The maximum absolute atomic E-state index is 11.5. The van der Waals surface area contributed by atoms with Crippen LogP contribution in [0.2, 0.25) is 0 Å². The van der Waals surface area contributed by atoms with E-state index in [1.54, 1.807) is 20.8 Å². The summed E-state index contributed by atoms with van der Waals surface area (Å²) in [5, 5.41) is 2.51. The Hall–Kier alpha value is 0.0819. The van der Waals surface area contributed by atoms with Crippen molar-refractivity contribution in [2.24, 2.45) is 0 Å². The molecule has 1 amide bonds. The smallest absolute Gasteiger partial charge is 0.459 e. The minimum absolute atomic E-state index is 0. The number of benzene rings is 1. The molecular weight excluding hydrogens is 375 g/mol. The molecule has 0 atom stereocenters. The zero-order valence-electron chi connectivity index (χ0n) is 12.6. The fraction of sp³-hybridized carbons (Fsp3) is 0.400. The number of nitrogens with one attached hydrogen (secondary N) is 1. The summed E-state index contributed by atoms with van der Waals surface area (Å²) >= 11 is 0. The van der Waals surface area contributed by atoms with Gasteiger partial charge in [-0.05, 0) is 20.8 Å². The van der Waals surface area contributed by atoms with Crippen molar-refractivity contribution in [2.45, 2.75) is 32.8 Å². The van der Waals surface area contributed by atoms with Crippen LogP contribution in [0.5, 0.6) is 0 Å². The summed E-state index contributed by atoms with van der Waals surface area (Å²) in [5.41, 5.74) is 0.519. The summed E-state index contributed by atoms with van der Waals surface area (Å²) in [4.78, 5) is 22.9. The van der Waals surface area contributed by atoms with E-state index in [9.17, 15) is 9.59 Å². The summed E-state index contributed by atoms with van der Waals surface area (Å²) < 4.78 is 5.08. The Balaban J connectivity index is 0.00000361. The third kappa shape index (κ3) is 9.90. The van der Waals surface area contributed by atoms with Crippen molar-refractivity contribution >= 4 is 11.9 Å². The second kappa shape index (κ2) is 9.92. The van der Waals surface area contributed by atoms with Crippen molar-refractivity contribution in [2.75, 3.05) is 6.54 Å². The molecule has 0 aliphatic heterocycles. The second-order valence-corrected chi connectivity index (χ2v) is 5.20. The Bertz CT molecular complexity index is 426. The van der Waals surface area contributed by atoms with Gasteiger partial charge in [0.2, 0.25) is 0 Å². The molecule has 104 valence electrons. The van der Waals surface area contributed by atoms with Gasteiger partial charge in [0.25, 0.3) is 0 Å². The molecule has 4 nitrogen and oxygen atoms in total. The van der Waals surface area contributed by atoms with E-state index < -0.39 is 11.6 Å². The first-order valence-electron chi connectivity index (χ1n) is 6.23. The van der Waals surface area contributed by atoms with Crippen molar-refractivity contribution in [1.82, 2.24) is 5.32 Å². The summed E-state index contributed by atoms with van der Waals surface area (Å²) in [6.07, 6.45) is 2.06. The molecule has 1 N–H and O–H groups in total. The Labute approximate surface area is 179 Å². The Kier molecular flexibility index (Phi) is 9.96. The third-order valence-corrected chi connectivity index (χ3v) is 2.19. The molecule has 0 spiro atoms. The molecule has 1 aromatic rings. The van der Waals surface area contributed by atoms with Crippen LogP contribution in [0.25, 0.3) is 0 Å². The van der Waals surface area contributed by atoms with Crippen molar-refractivity contribution in [1.29, 1.82) is 0 Å². The van der Waals surface area contributed by atoms with Gasteiger partial charge in [0, 0.05) is 0 Å². The summed E-state index contributed by atoms with van der Waals surface area (Å²) in [5.74, 6) is -0.705. The summed E-state index contributed by atoms with van der Waals surface area (Å²) in [7, 11) is 0. The van der Waals surface area contributed by atoms with Crippen LogP contribution in [0.1, 0.15) is 26.3 Å². The summed E-state index contributed by atoms with van der Waals surface area (Å²) in [6.45, 7) is 5.25. The van der Waals surface area contributed by atoms with E-state index in [2.05, 4.69) is 5.32 Å². The minimum Gasteiger partial charge on any atom is -0.459 e. The van der Waals surface area contributed by atoms with E-state index >= 15 is 0 Å². The van der Waals surface area contributed by atoms with Gasteiger partial charge in [-0.1, -0.05) is 35.9 Å². The second-order valence-electron chi connectivity index (χ2n) is 5.20. The molecular formula is C15H20CsNO3. The van der Waals surface area contributed by atoms with Crippen molar-refractivity contribution in [3.63, 3.8) is 0 Å². The number of ether oxygens (including phenoxy) is 1. The van der Waals surface area contributed by atoms with Gasteiger partial charge in [-0.25, -0.2) is 0 Å². The monoisotopic (exact) mass is 395 g/mol. The number of hydrogen-bond acceptors (Lipinski definition) is 3. The molecule has 0 heterocycles. The third-order valence-electron chi connectivity index (χ3n) is 2.19. The summed E-state index contributed by atoms with van der Waals surface area (Å²) in [6, 6.07) is 9.64. The van der Waals surface area contributed by atoms with Gasteiger partial charge in [-0.3, -0.25) is 4.79 Å². The van der Waals surface area contributed by atoms with Gasteiger partial charge in [-0.15, -0.1) is 6.42 Å². The van der Waals surface area contributed by atoms with Gasteiger partial charge in [0.1, 0.15) is 12.1 Å². The molecule has 5 heteroatoms. The van der Waals surface area contributed by atoms with Gasteiger partial charge in [0.15, 0.2) is 0 Å². The first-order valence-corrected chi connectivity index (χ1v) is 6.23. The SMILES string of the molecule is CC(C)(C)OC(=O)CNC(=O)[CH-]Cc1ccccc1.[Cs+]. The van der Waals surface area contributed by atoms with Crippen LogP contribution in [0, 0.1) is 6.42 Å². The normalized spacial score (nSPS) is 10.2. The molecule has 0 radical (unpaired) electrons. The van der Waals surface area contributed by atoms with Crippen molar-refractivity contribution in [3.05, 3.63) is 42.3 Å². The molecule has 0 aromatic heterocycles. The standard InChI is InChI=1S/C15H20NO3.Cs/c1-15(2,3)19-14(18)11-16-13(17)10-9-12-7-5-4-6-8-12;/h4-8,10H,9,11H2,1-3H3,(H,16,17);/q-1;+1. The Morgan fingerprint density at radius 2 is 1.80 bits per heavy atom. The van der Waals surface area contributed by atoms with E-state index in [1.807, 2.05) is 30.3 Å². The van der Waals surface area contributed by atoms with E-state index in [-0.39, 0.29) is 81.3 Å². The number of hydrogen-bond donors (Lipinski definition) is 1. The van der Waals surface area contributed by atoms with Crippen LogP contribution < -0.4 is 74.2 Å². The maximum Gasteiger partial charge on any atom is 1.00 e. The predicted octanol–water partition coefficient (Wildman–Crippen LogP) is -1.10. The molecule has 0 saturated carbocycles. The first kappa shape index (κ1) is 20.1. The average molecular weight is 395 g/mol. The largest absolute Gasteiger partial charge is 1.00 e. The Morgan fingerprint density at radius 1 is 1.20 bits per heavy atom. The van der Waals surface area contributed by atoms with Crippen LogP contribution in [0.4, 0.5) is 0 Å². The first-order chi connectivity index (χ1) is 8.87. The molecule has 0 fully saturated rings. The van der Waals surface area contributed by atoms with Gasteiger partial charge >= 0.3 is 74.9 Å². The fourth-order valence-corrected chi connectivity index (χ4v) is 1.43. The zero-order chi connectivity index (χ0) is 14.3. The van der Waals surface area contributed by atoms with Gasteiger partial charge in [-0.2, -0.15) is 0 Å². The van der Waals surface area contributed by atoms with Crippen molar-refractivity contribution < 1.29 is 83.2 Å². The number of carbonyl (C=O) groups excluding carboxylic acids is 2. The molecule has 1 aromatic carbocycles. The van der Waals surface area contributed by atoms with Crippen LogP contribution in [-0.4, -0.2) is 24.0 Å². The fourth-order valence-electron chi connectivity index (χ4n) is 1.43. The minimum atomic E-state index is -0.532. The number of esters is 1. The average Bonchev–Trinajstić information content (AvgIpc) is 2.33. The quantitative estimate of drug-likeness (QED) is 0.509. The van der Waals surface area contributed by atoms with Crippen LogP contribution in [0.15, 0.2) is 30.3 Å². The molecule has 20 heavy (non-hydrogen) atoms. The zero-order valence-corrected chi connectivity index (χ0v) is 18.9. The van der Waals surface area contributed by atoms with Crippen molar-refractivity contribution in [3.8, 4) is 0 Å². The van der Waals surface area contributed by atoms with Crippen LogP contribution >= 0.6 is 0 Å². The molecule has 0 aliphatic carbocycles. The van der Waals surface area contributed by atoms with E-state index in [1.165, 1.54) is 6.42 Å². The molecule has 0 unspecified atom stereocenters.